The predicted octanol–water partition coefficient (Wildman–Crippen LogP) is 2.82. The fourth-order valence-electron chi connectivity index (χ4n) is 2.03. The summed E-state index contributed by atoms with van der Waals surface area (Å²) >= 11 is 0. The van der Waals surface area contributed by atoms with Gasteiger partial charge in [-0.25, -0.2) is 4.39 Å². The van der Waals surface area contributed by atoms with Crippen LogP contribution in [0.5, 0.6) is 5.75 Å². The summed E-state index contributed by atoms with van der Waals surface area (Å²) in [6, 6.07) is 13.6. The van der Waals surface area contributed by atoms with Gasteiger partial charge in [0, 0.05) is 5.92 Å². The van der Waals surface area contributed by atoms with E-state index in [0.29, 0.717) is 13.0 Å². The van der Waals surface area contributed by atoms with E-state index in [-0.39, 0.29) is 17.5 Å². The highest BCUT2D eigenvalue weighted by molar-refractivity contribution is 5.30. The monoisotopic (exact) mass is 245 g/mol. The molecule has 0 saturated carbocycles. The molecule has 0 bridgehead atoms. The molecule has 0 spiro atoms. The van der Waals surface area contributed by atoms with Crippen LogP contribution in [0.25, 0.3) is 0 Å². The molecule has 94 valence electrons. The first-order valence-corrected chi connectivity index (χ1v) is 5.92. The summed E-state index contributed by atoms with van der Waals surface area (Å²) in [6.45, 7) is 0.487. The smallest absolute Gasteiger partial charge is 0.123 e. The van der Waals surface area contributed by atoms with E-state index >= 15 is 0 Å². The topological polar surface area (TPSA) is 46.2 Å². The van der Waals surface area contributed by atoms with Crippen LogP contribution >= 0.6 is 0 Å². The molecule has 0 heterocycles. The molecule has 2 aromatic rings. The molecule has 1 unspecified atom stereocenters. The number of nitrogens with two attached hydrogens (primary N) is 1. The minimum Gasteiger partial charge on any atom is -0.508 e. The number of benzene rings is 2. The van der Waals surface area contributed by atoms with Crippen LogP contribution in [0.2, 0.25) is 0 Å². The van der Waals surface area contributed by atoms with E-state index in [4.69, 9.17) is 5.73 Å². The van der Waals surface area contributed by atoms with Gasteiger partial charge in [0.1, 0.15) is 11.6 Å². The Balaban J connectivity index is 2.17. The Hall–Kier alpha value is -1.87. The summed E-state index contributed by atoms with van der Waals surface area (Å²) < 4.78 is 13.1. The van der Waals surface area contributed by atoms with Crippen molar-refractivity contribution < 1.29 is 9.50 Å². The number of hydrogen-bond acceptors (Lipinski definition) is 2. The third kappa shape index (κ3) is 3.08. The molecular formula is C15H16FNO. The highest BCUT2D eigenvalue weighted by Gasteiger charge is 2.11. The quantitative estimate of drug-likeness (QED) is 0.870. The highest BCUT2D eigenvalue weighted by Crippen LogP contribution is 2.22. The van der Waals surface area contributed by atoms with Crippen LogP contribution in [0.1, 0.15) is 17.0 Å². The Kier molecular flexibility index (Phi) is 3.95. The van der Waals surface area contributed by atoms with Crippen LogP contribution in [0.4, 0.5) is 4.39 Å². The van der Waals surface area contributed by atoms with Gasteiger partial charge in [0.2, 0.25) is 0 Å². The average molecular weight is 245 g/mol. The summed E-state index contributed by atoms with van der Waals surface area (Å²) in [4.78, 5) is 0. The minimum absolute atomic E-state index is 0.132. The van der Waals surface area contributed by atoms with E-state index in [1.165, 1.54) is 12.1 Å². The Labute approximate surface area is 106 Å². The van der Waals surface area contributed by atoms with Crippen molar-refractivity contribution in [3.63, 3.8) is 0 Å². The summed E-state index contributed by atoms with van der Waals surface area (Å²) in [6.07, 6.45) is 0.693. The molecule has 0 aromatic heterocycles. The third-order valence-electron chi connectivity index (χ3n) is 3.02. The van der Waals surface area contributed by atoms with Gasteiger partial charge in [0.05, 0.1) is 0 Å². The molecule has 0 radical (unpaired) electrons. The van der Waals surface area contributed by atoms with Crippen LogP contribution in [0, 0.1) is 5.82 Å². The molecule has 3 heteroatoms. The van der Waals surface area contributed by atoms with Gasteiger partial charge in [-0.1, -0.05) is 24.3 Å². The summed E-state index contributed by atoms with van der Waals surface area (Å²) in [7, 11) is 0. The number of halogens is 1. The van der Waals surface area contributed by atoms with Crippen molar-refractivity contribution in [3.8, 4) is 5.75 Å². The van der Waals surface area contributed by atoms with Crippen molar-refractivity contribution in [2.24, 2.45) is 5.73 Å². The van der Waals surface area contributed by atoms with Gasteiger partial charge in [0.25, 0.3) is 0 Å². The molecule has 0 aliphatic rings. The van der Waals surface area contributed by atoms with E-state index in [1.807, 2.05) is 18.2 Å². The van der Waals surface area contributed by atoms with E-state index in [2.05, 4.69) is 0 Å². The Morgan fingerprint density at radius 3 is 2.44 bits per heavy atom. The Morgan fingerprint density at radius 1 is 1.11 bits per heavy atom. The standard InChI is InChI=1S/C15H16FNO/c16-14-3-1-2-11(9-14)8-13(10-17)12-4-6-15(18)7-5-12/h1-7,9,13,18H,8,10,17H2. The van der Waals surface area contributed by atoms with Gasteiger partial charge < -0.3 is 10.8 Å². The summed E-state index contributed by atoms with van der Waals surface area (Å²) in [5.41, 5.74) is 7.76. The first-order chi connectivity index (χ1) is 8.69. The van der Waals surface area contributed by atoms with Crippen molar-refractivity contribution in [1.29, 1.82) is 0 Å². The molecule has 0 aliphatic heterocycles. The normalized spacial score (nSPS) is 12.3. The molecule has 18 heavy (non-hydrogen) atoms. The van der Waals surface area contributed by atoms with Gasteiger partial charge in [-0.15, -0.1) is 0 Å². The predicted molar refractivity (Wildman–Crippen MR) is 70.0 cm³/mol. The maximum atomic E-state index is 13.1. The Morgan fingerprint density at radius 2 is 1.83 bits per heavy atom. The van der Waals surface area contributed by atoms with Gasteiger partial charge in [-0.3, -0.25) is 0 Å². The van der Waals surface area contributed by atoms with Crippen LogP contribution in [0.3, 0.4) is 0 Å². The summed E-state index contributed by atoms with van der Waals surface area (Å²) in [5.74, 6) is 0.140. The SMILES string of the molecule is NCC(Cc1cccc(F)c1)c1ccc(O)cc1. The van der Waals surface area contributed by atoms with E-state index < -0.39 is 0 Å². The lowest BCUT2D eigenvalue weighted by Gasteiger charge is -2.15. The number of phenolic OH excluding ortho intramolecular Hbond substituents is 1. The molecular weight excluding hydrogens is 229 g/mol. The molecule has 3 N–H and O–H groups in total. The lowest BCUT2D eigenvalue weighted by molar-refractivity contribution is 0.475. The van der Waals surface area contributed by atoms with Crippen LogP contribution < -0.4 is 5.73 Å². The molecule has 2 aromatic carbocycles. The van der Waals surface area contributed by atoms with Crippen molar-refractivity contribution in [2.75, 3.05) is 6.54 Å². The van der Waals surface area contributed by atoms with Crippen molar-refractivity contribution in [3.05, 3.63) is 65.5 Å². The first-order valence-electron chi connectivity index (χ1n) is 5.92. The molecule has 0 fully saturated rings. The van der Waals surface area contributed by atoms with Crippen LogP contribution in [-0.2, 0) is 6.42 Å². The molecule has 0 saturated heterocycles. The van der Waals surface area contributed by atoms with Gasteiger partial charge >= 0.3 is 0 Å². The number of hydrogen-bond donors (Lipinski definition) is 2. The van der Waals surface area contributed by atoms with Crippen molar-refractivity contribution in [2.45, 2.75) is 12.3 Å². The lowest BCUT2D eigenvalue weighted by Crippen LogP contribution is -2.15. The zero-order valence-corrected chi connectivity index (χ0v) is 10.0. The highest BCUT2D eigenvalue weighted by atomic mass is 19.1. The second kappa shape index (κ2) is 5.65. The molecule has 2 nitrogen and oxygen atoms in total. The Bertz CT molecular complexity index is 510. The first kappa shape index (κ1) is 12.6. The molecule has 0 aliphatic carbocycles. The van der Waals surface area contributed by atoms with Gasteiger partial charge in [0.15, 0.2) is 0 Å². The number of phenols is 1. The molecule has 0 amide bonds. The minimum atomic E-state index is -0.228. The fourth-order valence-corrected chi connectivity index (χ4v) is 2.03. The lowest BCUT2D eigenvalue weighted by atomic mass is 9.92. The maximum absolute atomic E-state index is 13.1. The van der Waals surface area contributed by atoms with E-state index in [9.17, 15) is 9.50 Å². The molecule has 1 atom stereocenters. The van der Waals surface area contributed by atoms with E-state index in [1.54, 1.807) is 18.2 Å². The molecule has 2 rings (SSSR count). The van der Waals surface area contributed by atoms with Crippen LogP contribution in [-0.4, -0.2) is 11.7 Å². The van der Waals surface area contributed by atoms with E-state index in [0.717, 1.165) is 11.1 Å². The number of rotatable bonds is 4. The third-order valence-corrected chi connectivity index (χ3v) is 3.02. The second-order valence-corrected chi connectivity index (χ2v) is 4.36. The zero-order chi connectivity index (χ0) is 13.0. The summed E-state index contributed by atoms with van der Waals surface area (Å²) in [5, 5.41) is 9.26. The van der Waals surface area contributed by atoms with Crippen LogP contribution in [0.15, 0.2) is 48.5 Å². The fraction of sp³-hybridized carbons (Fsp3) is 0.200. The maximum Gasteiger partial charge on any atom is 0.123 e. The van der Waals surface area contributed by atoms with Crippen molar-refractivity contribution >= 4 is 0 Å². The zero-order valence-electron chi connectivity index (χ0n) is 10.0. The van der Waals surface area contributed by atoms with Gasteiger partial charge in [-0.2, -0.15) is 0 Å². The largest absolute Gasteiger partial charge is 0.508 e. The van der Waals surface area contributed by atoms with Gasteiger partial charge in [-0.05, 0) is 48.4 Å². The number of aromatic hydroxyl groups is 1. The second-order valence-electron chi connectivity index (χ2n) is 4.36. The average Bonchev–Trinajstić information content (AvgIpc) is 2.37. The van der Waals surface area contributed by atoms with Crippen molar-refractivity contribution in [1.82, 2.24) is 0 Å².